The molecule has 21 heavy (non-hydrogen) atoms. The molecule has 0 bridgehead atoms. The first-order chi connectivity index (χ1) is 10.2. The van der Waals surface area contributed by atoms with E-state index in [2.05, 4.69) is 12.2 Å². The van der Waals surface area contributed by atoms with Crippen LogP contribution in [0.5, 0.6) is 0 Å². The van der Waals surface area contributed by atoms with Crippen molar-refractivity contribution < 1.29 is 4.79 Å². The molecule has 116 valence electrons. The molecule has 3 nitrogen and oxygen atoms in total. The Kier molecular flexibility index (Phi) is 6.24. The summed E-state index contributed by atoms with van der Waals surface area (Å²) >= 11 is 0. The Morgan fingerprint density at radius 1 is 1.24 bits per heavy atom. The Balaban J connectivity index is 1.73. The molecule has 3 N–H and O–H groups in total. The van der Waals surface area contributed by atoms with Crippen LogP contribution < -0.4 is 11.1 Å². The topological polar surface area (TPSA) is 55.1 Å². The highest BCUT2D eigenvalue weighted by molar-refractivity contribution is 5.77. The van der Waals surface area contributed by atoms with Crippen LogP contribution in [0.25, 0.3) is 0 Å². The molecule has 1 aliphatic rings. The van der Waals surface area contributed by atoms with Gasteiger partial charge in [0.1, 0.15) is 0 Å². The van der Waals surface area contributed by atoms with E-state index in [1.165, 1.54) is 25.7 Å². The van der Waals surface area contributed by atoms with Crippen LogP contribution in [-0.2, 0) is 4.79 Å². The molecule has 3 heteroatoms. The molecule has 0 radical (unpaired) electrons. The fourth-order valence-electron chi connectivity index (χ4n) is 3.31. The van der Waals surface area contributed by atoms with Crippen molar-refractivity contribution in [2.24, 2.45) is 11.7 Å². The minimum absolute atomic E-state index is 0.0882. The van der Waals surface area contributed by atoms with E-state index in [0.29, 0.717) is 12.5 Å². The monoisotopic (exact) mass is 288 g/mol. The van der Waals surface area contributed by atoms with Crippen molar-refractivity contribution >= 4 is 5.91 Å². The third kappa shape index (κ3) is 5.16. The molecule has 1 amide bonds. The molecule has 0 aliphatic heterocycles. The van der Waals surface area contributed by atoms with E-state index < -0.39 is 0 Å². The molecule has 1 aromatic rings. The van der Waals surface area contributed by atoms with Crippen LogP contribution in [0.2, 0.25) is 0 Å². The van der Waals surface area contributed by atoms with Gasteiger partial charge in [-0.1, -0.05) is 50.1 Å². The van der Waals surface area contributed by atoms with Crippen LogP contribution in [0.15, 0.2) is 30.3 Å². The van der Waals surface area contributed by atoms with E-state index in [0.717, 1.165) is 24.3 Å². The normalized spacial score (nSPS) is 23.5. The average molecular weight is 288 g/mol. The summed E-state index contributed by atoms with van der Waals surface area (Å²) in [4.78, 5) is 12.1. The van der Waals surface area contributed by atoms with Crippen molar-refractivity contribution in [2.75, 3.05) is 0 Å². The fraction of sp³-hybridized carbons (Fsp3) is 0.611. The smallest absolute Gasteiger partial charge is 0.222 e. The second-order valence-corrected chi connectivity index (χ2v) is 6.30. The Labute approximate surface area is 128 Å². The number of nitrogens with two attached hydrogens (primary N) is 1. The van der Waals surface area contributed by atoms with Crippen LogP contribution in [-0.4, -0.2) is 11.9 Å². The number of amides is 1. The minimum Gasteiger partial charge on any atom is -0.353 e. The van der Waals surface area contributed by atoms with E-state index >= 15 is 0 Å². The number of hydrogen-bond donors (Lipinski definition) is 2. The van der Waals surface area contributed by atoms with E-state index in [4.69, 9.17) is 5.73 Å². The maximum atomic E-state index is 12.1. The Bertz CT molecular complexity index is 424. The number of benzene rings is 1. The second kappa shape index (κ2) is 8.18. The SMILES string of the molecule is CCCC1CCC(NC(=O)CC(N)c2ccccc2)CC1. The number of rotatable bonds is 6. The van der Waals surface area contributed by atoms with Crippen LogP contribution >= 0.6 is 0 Å². The third-order valence-corrected chi connectivity index (χ3v) is 4.54. The zero-order chi connectivity index (χ0) is 15.1. The van der Waals surface area contributed by atoms with Gasteiger partial charge in [-0.3, -0.25) is 4.79 Å². The minimum atomic E-state index is -0.206. The summed E-state index contributed by atoms with van der Waals surface area (Å²) in [7, 11) is 0. The van der Waals surface area contributed by atoms with Crippen LogP contribution in [0.4, 0.5) is 0 Å². The summed E-state index contributed by atoms with van der Waals surface area (Å²) < 4.78 is 0. The van der Waals surface area contributed by atoms with E-state index in [1.807, 2.05) is 30.3 Å². The van der Waals surface area contributed by atoms with Gasteiger partial charge < -0.3 is 11.1 Å². The lowest BCUT2D eigenvalue weighted by Crippen LogP contribution is -2.38. The summed E-state index contributed by atoms with van der Waals surface area (Å²) in [6.45, 7) is 2.25. The van der Waals surface area contributed by atoms with Crippen LogP contribution in [0, 0.1) is 5.92 Å². The molecule has 0 spiro atoms. The fourth-order valence-corrected chi connectivity index (χ4v) is 3.31. The lowest BCUT2D eigenvalue weighted by Gasteiger charge is -2.29. The molecular weight excluding hydrogens is 260 g/mol. The van der Waals surface area contributed by atoms with Gasteiger partial charge in [0.25, 0.3) is 0 Å². The summed E-state index contributed by atoms with van der Waals surface area (Å²) in [6, 6.07) is 9.99. The molecule has 1 saturated carbocycles. The number of carbonyl (C=O) groups excluding carboxylic acids is 1. The van der Waals surface area contributed by atoms with Gasteiger partial charge in [0.05, 0.1) is 0 Å². The Hall–Kier alpha value is -1.35. The Morgan fingerprint density at radius 3 is 2.52 bits per heavy atom. The van der Waals surface area contributed by atoms with E-state index in [9.17, 15) is 4.79 Å². The Morgan fingerprint density at radius 2 is 1.90 bits per heavy atom. The van der Waals surface area contributed by atoms with Gasteiger partial charge in [0.15, 0.2) is 0 Å². The van der Waals surface area contributed by atoms with Gasteiger partial charge in [0, 0.05) is 18.5 Å². The van der Waals surface area contributed by atoms with Crippen molar-refractivity contribution in [3.05, 3.63) is 35.9 Å². The first kappa shape index (κ1) is 16.0. The van der Waals surface area contributed by atoms with Gasteiger partial charge in [-0.15, -0.1) is 0 Å². The lowest BCUT2D eigenvalue weighted by atomic mass is 9.83. The van der Waals surface area contributed by atoms with Gasteiger partial charge in [-0.25, -0.2) is 0 Å². The summed E-state index contributed by atoms with van der Waals surface area (Å²) in [5, 5.41) is 3.16. The molecule has 1 fully saturated rings. The standard InChI is InChI=1S/C18H28N2O/c1-2-6-14-9-11-16(12-10-14)20-18(21)13-17(19)15-7-4-3-5-8-15/h3-5,7-8,14,16-17H,2,6,9-13,19H2,1H3,(H,20,21). The molecule has 0 saturated heterocycles. The molecule has 0 aromatic heterocycles. The van der Waals surface area contributed by atoms with Gasteiger partial charge >= 0.3 is 0 Å². The van der Waals surface area contributed by atoms with Crippen molar-refractivity contribution in [2.45, 2.75) is 64.0 Å². The van der Waals surface area contributed by atoms with Crippen LogP contribution in [0.1, 0.15) is 63.5 Å². The van der Waals surface area contributed by atoms with Crippen molar-refractivity contribution in [1.82, 2.24) is 5.32 Å². The van der Waals surface area contributed by atoms with Crippen LogP contribution in [0.3, 0.4) is 0 Å². The zero-order valence-electron chi connectivity index (χ0n) is 13.1. The quantitative estimate of drug-likeness (QED) is 0.841. The van der Waals surface area contributed by atoms with Crippen molar-refractivity contribution in [1.29, 1.82) is 0 Å². The first-order valence-corrected chi connectivity index (χ1v) is 8.29. The average Bonchev–Trinajstić information content (AvgIpc) is 2.50. The number of carbonyl (C=O) groups is 1. The largest absolute Gasteiger partial charge is 0.353 e. The molecule has 0 heterocycles. The predicted molar refractivity (Wildman–Crippen MR) is 86.8 cm³/mol. The number of hydrogen-bond acceptors (Lipinski definition) is 2. The van der Waals surface area contributed by atoms with E-state index in [-0.39, 0.29) is 11.9 Å². The maximum absolute atomic E-state index is 12.1. The van der Waals surface area contributed by atoms with Gasteiger partial charge in [0.2, 0.25) is 5.91 Å². The summed E-state index contributed by atoms with van der Waals surface area (Å²) in [6.07, 6.45) is 7.73. The van der Waals surface area contributed by atoms with E-state index in [1.54, 1.807) is 0 Å². The lowest BCUT2D eigenvalue weighted by molar-refractivity contribution is -0.122. The van der Waals surface area contributed by atoms with Crippen molar-refractivity contribution in [3.63, 3.8) is 0 Å². The summed E-state index contributed by atoms with van der Waals surface area (Å²) in [5.74, 6) is 0.958. The third-order valence-electron chi connectivity index (χ3n) is 4.54. The maximum Gasteiger partial charge on any atom is 0.222 e. The molecule has 1 atom stereocenters. The molecule has 2 rings (SSSR count). The molecule has 1 aliphatic carbocycles. The summed E-state index contributed by atoms with van der Waals surface area (Å²) in [5.41, 5.74) is 7.13. The number of nitrogens with one attached hydrogen (secondary N) is 1. The molecule has 1 aromatic carbocycles. The highest BCUT2D eigenvalue weighted by Crippen LogP contribution is 2.27. The highest BCUT2D eigenvalue weighted by atomic mass is 16.1. The van der Waals surface area contributed by atoms with Crippen molar-refractivity contribution in [3.8, 4) is 0 Å². The highest BCUT2D eigenvalue weighted by Gasteiger charge is 2.22. The second-order valence-electron chi connectivity index (χ2n) is 6.30. The molecular formula is C18H28N2O. The predicted octanol–water partition coefficient (Wildman–Crippen LogP) is 3.55. The molecule has 1 unspecified atom stereocenters. The zero-order valence-corrected chi connectivity index (χ0v) is 13.1. The van der Waals surface area contributed by atoms with Gasteiger partial charge in [-0.2, -0.15) is 0 Å². The first-order valence-electron chi connectivity index (χ1n) is 8.29. The van der Waals surface area contributed by atoms with Gasteiger partial charge in [-0.05, 0) is 37.2 Å².